The van der Waals surface area contributed by atoms with Crippen molar-refractivity contribution in [3.63, 3.8) is 0 Å². The molecule has 1 aromatic carbocycles. The molecule has 0 aliphatic rings. The lowest BCUT2D eigenvalue weighted by molar-refractivity contribution is -0.137. The fraction of sp³-hybridized carbons (Fsp3) is 0.500. The lowest BCUT2D eigenvalue weighted by Gasteiger charge is -2.25. The second kappa shape index (κ2) is 9.02. The number of rotatable bonds is 8. The molecule has 0 spiro atoms. The van der Waals surface area contributed by atoms with Crippen LogP contribution in [0.1, 0.15) is 32.3 Å². The lowest BCUT2D eigenvalue weighted by atomic mass is 10.1. The Labute approximate surface area is 130 Å². The molecule has 1 aromatic rings. The third kappa shape index (κ3) is 6.56. The monoisotopic (exact) mass is 310 g/mol. The van der Waals surface area contributed by atoms with Crippen molar-refractivity contribution in [3.05, 3.63) is 35.6 Å². The van der Waals surface area contributed by atoms with E-state index in [0.717, 1.165) is 0 Å². The van der Waals surface area contributed by atoms with Gasteiger partial charge in [0.25, 0.3) is 0 Å². The highest BCUT2D eigenvalue weighted by molar-refractivity contribution is 5.74. The first kappa shape index (κ1) is 17.9. The minimum Gasteiger partial charge on any atom is -0.481 e. The number of benzene rings is 1. The molecule has 0 saturated heterocycles. The number of urea groups is 1. The number of hydrogen-bond donors (Lipinski definition) is 2. The van der Waals surface area contributed by atoms with E-state index in [4.69, 9.17) is 5.11 Å². The molecule has 0 unspecified atom stereocenters. The summed E-state index contributed by atoms with van der Waals surface area (Å²) in [6.45, 7) is 4.93. The van der Waals surface area contributed by atoms with E-state index >= 15 is 0 Å². The zero-order chi connectivity index (χ0) is 16.5. The summed E-state index contributed by atoms with van der Waals surface area (Å²) in [5.41, 5.74) is 0.462. The van der Waals surface area contributed by atoms with Crippen LogP contribution in [-0.4, -0.2) is 35.1 Å². The van der Waals surface area contributed by atoms with Gasteiger partial charge in [-0.25, -0.2) is 9.18 Å². The summed E-state index contributed by atoms with van der Waals surface area (Å²) in [5.74, 6) is -0.980. The second-order valence-electron chi connectivity index (χ2n) is 5.60. The number of nitrogens with zero attached hydrogens (tertiary/aromatic N) is 1. The lowest BCUT2D eigenvalue weighted by Crippen LogP contribution is -2.42. The molecule has 0 atom stereocenters. The Morgan fingerprint density at radius 3 is 2.59 bits per heavy atom. The van der Waals surface area contributed by atoms with Crippen molar-refractivity contribution in [2.75, 3.05) is 13.1 Å². The highest BCUT2D eigenvalue weighted by Crippen LogP contribution is 2.11. The topological polar surface area (TPSA) is 69.6 Å². The van der Waals surface area contributed by atoms with Crippen molar-refractivity contribution in [2.45, 2.75) is 33.2 Å². The first-order valence-corrected chi connectivity index (χ1v) is 7.38. The molecule has 6 heteroatoms. The molecule has 0 heterocycles. The van der Waals surface area contributed by atoms with Gasteiger partial charge in [0.1, 0.15) is 5.82 Å². The van der Waals surface area contributed by atoms with Gasteiger partial charge in [-0.2, -0.15) is 0 Å². The standard InChI is InChI=1S/C16H23FN2O3/c1-12(2)10-19(11-13-6-3-4-7-14(13)17)16(22)18-9-5-8-15(20)21/h3-4,6-7,12H,5,8-11H2,1-2H3,(H,18,22)(H,20,21). The van der Waals surface area contributed by atoms with Gasteiger partial charge in [0.15, 0.2) is 0 Å². The molecule has 0 aliphatic heterocycles. The summed E-state index contributed by atoms with van der Waals surface area (Å²) in [6, 6.07) is 6.06. The summed E-state index contributed by atoms with van der Waals surface area (Å²) in [5, 5.41) is 11.3. The van der Waals surface area contributed by atoms with Gasteiger partial charge in [-0.05, 0) is 18.4 Å². The average molecular weight is 310 g/mol. The normalized spacial score (nSPS) is 10.5. The molecule has 2 N–H and O–H groups in total. The van der Waals surface area contributed by atoms with Crippen LogP contribution in [-0.2, 0) is 11.3 Å². The van der Waals surface area contributed by atoms with Crippen molar-refractivity contribution in [1.29, 1.82) is 0 Å². The number of nitrogens with one attached hydrogen (secondary N) is 1. The van der Waals surface area contributed by atoms with Crippen molar-refractivity contribution in [2.24, 2.45) is 5.92 Å². The van der Waals surface area contributed by atoms with E-state index in [-0.39, 0.29) is 37.3 Å². The molecule has 0 aromatic heterocycles. The Balaban J connectivity index is 2.61. The number of carboxylic acid groups (broad SMARTS) is 1. The van der Waals surface area contributed by atoms with Crippen LogP contribution in [0, 0.1) is 11.7 Å². The molecule has 0 saturated carbocycles. The Bertz CT molecular complexity index is 506. The number of aliphatic carboxylic acids is 1. The van der Waals surface area contributed by atoms with E-state index in [1.807, 2.05) is 13.8 Å². The Hall–Kier alpha value is -2.11. The minimum absolute atomic E-state index is 0.0117. The molecule has 1 rings (SSSR count). The fourth-order valence-corrected chi connectivity index (χ4v) is 2.04. The summed E-state index contributed by atoms with van der Waals surface area (Å²) in [6.07, 6.45) is 0.383. The minimum atomic E-state index is -0.889. The molecule has 5 nitrogen and oxygen atoms in total. The van der Waals surface area contributed by atoms with Crippen LogP contribution in [0.3, 0.4) is 0 Å². The van der Waals surface area contributed by atoms with Gasteiger partial charge in [-0.1, -0.05) is 32.0 Å². The van der Waals surface area contributed by atoms with Crippen LogP contribution in [0.25, 0.3) is 0 Å². The highest BCUT2D eigenvalue weighted by atomic mass is 19.1. The highest BCUT2D eigenvalue weighted by Gasteiger charge is 2.16. The van der Waals surface area contributed by atoms with Crippen LogP contribution >= 0.6 is 0 Å². The first-order valence-electron chi connectivity index (χ1n) is 7.38. The van der Waals surface area contributed by atoms with E-state index in [9.17, 15) is 14.0 Å². The molecule has 0 radical (unpaired) electrons. The first-order chi connectivity index (χ1) is 10.4. The van der Waals surface area contributed by atoms with Crippen LogP contribution in [0.4, 0.5) is 9.18 Å². The Morgan fingerprint density at radius 2 is 2.00 bits per heavy atom. The van der Waals surface area contributed by atoms with E-state index in [0.29, 0.717) is 18.5 Å². The summed E-state index contributed by atoms with van der Waals surface area (Å²) in [4.78, 5) is 24.2. The van der Waals surface area contributed by atoms with Gasteiger partial charge in [0, 0.05) is 25.1 Å². The number of carbonyl (C=O) groups is 2. The van der Waals surface area contributed by atoms with Crippen molar-refractivity contribution >= 4 is 12.0 Å². The molecular weight excluding hydrogens is 287 g/mol. The van der Waals surface area contributed by atoms with Crippen LogP contribution in [0.2, 0.25) is 0 Å². The SMILES string of the molecule is CC(C)CN(Cc1ccccc1F)C(=O)NCCCC(=O)O. The van der Waals surface area contributed by atoms with Gasteiger partial charge in [-0.15, -0.1) is 0 Å². The molecule has 122 valence electrons. The third-order valence-corrected chi connectivity index (χ3v) is 3.04. The number of carboxylic acids is 1. The molecule has 0 bridgehead atoms. The number of hydrogen-bond acceptors (Lipinski definition) is 2. The van der Waals surface area contributed by atoms with Crippen LogP contribution in [0.15, 0.2) is 24.3 Å². The maximum Gasteiger partial charge on any atom is 0.317 e. The maximum absolute atomic E-state index is 13.7. The quantitative estimate of drug-likeness (QED) is 0.725. The summed E-state index contributed by atoms with van der Waals surface area (Å²) in [7, 11) is 0. The number of carbonyl (C=O) groups excluding carboxylic acids is 1. The van der Waals surface area contributed by atoms with Gasteiger partial charge in [0.05, 0.1) is 6.54 Å². The number of halogens is 1. The average Bonchev–Trinajstić information content (AvgIpc) is 2.44. The Kier molecular flexibility index (Phi) is 7.36. The maximum atomic E-state index is 13.7. The van der Waals surface area contributed by atoms with Gasteiger partial charge in [-0.3, -0.25) is 4.79 Å². The zero-order valence-electron chi connectivity index (χ0n) is 13.0. The smallest absolute Gasteiger partial charge is 0.317 e. The number of amides is 2. The van der Waals surface area contributed by atoms with E-state index < -0.39 is 5.97 Å². The Morgan fingerprint density at radius 1 is 1.32 bits per heavy atom. The zero-order valence-corrected chi connectivity index (χ0v) is 13.0. The summed E-state index contributed by atoms with van der Waals surface area (Å²) >= 11 is 0. The van der Waals surface area contributed by atoms with Gasteiger partial charge < -0.3 is 15.3 Å². The van der Waals surface area contributed by atoms with Crippen LogP contribution < -0.4 is 5.32 Å². The largest absolute Gasteiger partial charge is 0.481 e. The van der Waals surface area contributed by atoms with Gasteiger partial charge >= 0.3 is 12.0 Å². The molecule has 2 amide bonds. The van der Waals surface area contributed by atoms with Gasteiger partial charge in [0.2, 0.25) is 0 Å². The predicted octanol–water partition coefficient (Wildman–Crippen LogP) is 2.86. The van der Waals surface area contributed by atoms with Crippen molar-refractivity contribution in [1.82, 2.24) is 10.2 Å². The van der Waals surface area contributed by atoms with Crippen molar-refractivity contribution in [3.8, 4) is 0 Å². The van der Waals surface area contributed by atoms with E-state index in [1.54, 1.807) is 23.1 Å². The second-order valence-corrected chi connectivity index (χ2v) is 5.60. The molecule has 22 heavy (non-hydrogen) atoms. The summed E-state index contributed by atoms with van der Waals surface area (Å²) < 4.78 is 13.7. The van der Waals surface area contributed by atoms with E-state index in [1.165, 1.54) is 6.07 Å². The van der Waals surface area contributed by atoms with Crippen molar-refractivity contribution < 1.29 is 19.1 Å². The fourth-order valence-electron chi connectivity index (χ4n) is 2.04. The molecular formula is C16H23FN2O3. The van der Waals surface area contributed by atoms with E-state index in [2.05, 4.69) is 5.32 Å². The third-order valence-electron chi connectivity index (χ3n) is 3.04. The molecule has 0 aliphatic carbocycles. The van der Waals surface area contributed by atoms with Crippen LogP contribution in [0.5, 0.6) is 0 Å². The molecule has 0 fully saturated rings. The predicted molar refractivity (Wildman–Crippen MR) is 81.9 cm³/mol.